The van der Waals surface area contributed by atoms with Crippen LogP contribution in [0, 0.1) is 6.92 Å². The lowest BCUT2D eigenvalue weighted by molar-refractivity contribution is -0.125. The molecule has 3 rings (SSSR count). The highest BCUT2D eigenvalue weighted by atomic mass is 32.2. The van der Waals surface area contributed by atoms with E-state index in [2.05, 4.69) is 11.4 Å². The Morgan fingerprint density at radius 3 is 2.62 bits per heavy atom. The van der Waals surface area contributed by atoms with E-state index < -0.39 is 15.9 Å². The Morgan fingerprint density at radius 2 is 1.93 bits per heavy atom. The first-order chi connectivity index (χ1) is 13.7. The van der Waals surface area contributed by atoms with Crippen molar-refractivity contribution in [2.45, 2.75) is 32.4 Å². The summed E-state index contributed by atoms with van der Waals surface area (Å²) in [5, 5.41) is 2.88. The molecule has 7 heteroatoms. The second-order valence-electron chi connectivity index (χ2n) is 7.55. The molecule has 0 spiro atoms. The topological polar surface area (TPSA) is 83.6 Å². The minimum Gasteiger partial charge on any atom is -0.354 e. The SMILES string of the molecule is Cc1cccc(CCNC(=O)C(CCS(C)(=O)=O)N2Cc3ccccc3C2=O)c1. The van der Waals surface area contributed by atoms with Gasteiger partial charge < -0.3 is 10.2 Å². The molecule has 1 aliphatic rings. The molecule has 1 N–H and O–H groups in total. The summed E-state index contributed by atoms with van der Waals surface area (Å²) < 4.78 is 23.3. The van der Waals surface area contributed by atoms with Gasteiger partial charge in [0.15, 0.2) is 0 Å². The number of nitrogens with one attached hydrogen (secondary N) is 1. The molecule has 2 amide bonds. The first-order valence-electron chi connectivity index (χ1n) is 9.64. The van der Waals surface area contributed by atoms with Crippen LogP contribution in [-0.4, -0.2) is 49.7 Å². The number of hydrogen-bond acceptors (Lipinski definition) is 4. The van der Waals surface area contributed by atoms with Crippen LogP contribution >= 0.6 is 0 Å². The summed E-state index contributed by atoms with van der Waals surface area (Å²) in [6.07, 6.45) is 1.88. The van der Waals surface area contributed by atoms with Crippen LogP contribution in [-0.2, 0) is 27.6 Å². The van der Waals surface area contributed by atoms with Gasteiger partial charge in [-0.2, -0.15) is 0 Å². The van der Waals surface area contributed by atoms with Crippen LogP contribution in [0.5, 0.6) is 0 Å². The smallest absolute Gasteiger partial charge is 0.255 e. The Hall–Kier alpha value is -2.67. The van der Waals surface area contributed by atoms with Gasteiger partial charge in [-0.15, -0.1) is 0 Å². The summed E-state index contributed by atoms with van der Waals surface area (Å²) in [4.78, 5) is 27.2. The molecule has 0 radical (unpaired) electrons. The first kappa shape index (κ1) is 21.0. The zero-order valence-corrected chi connectivity index (χ0v) is 17.5. The predicted octanol–water partition coefficient (Wildman–Crippen LogP) is 2.11. The van der Waals surface area contributed by atoms with Gasteiger partial charge in [0.1, 0.15) is 15.9 Å². The van der Waals surface area contributed by atoms with Gasteiger partial charge in [-0.3, -0.25) is 9.59 Å². The molecule has 1 aliphatic heterocycles. The van der Waals surface area contributed by atoms with E-state index in [4.69, 9.17) is 0 Å². The van der Waals surface area contributed by atoms with Crippen LogP contribution < -0.4 is 5.32 Å². The lowest BCUT2D eigenvalue weighted by atomic mass is 10.1. The molecule has 2 aromatic carbocycles. The van der Waals surface area contributed by atoms with E-state index in [9.17, 15) is 18.0 Å². The molecule has 0 saturated carbocycles. The Labute approximate surface area is 171 Å². The van der Waals surface area contributed by atoms with Gasteiger partial charge >= 0.3 is 0 Å². The number of carbonyl (C=O) groups excluding carboxylic acids is 2. The number of hydrogen-bond donors (Lipinski definition) is 1. The largest absolute Gasteiger partial charge is 0.354 e. The average Bonchev–Trinajstić information content (AvgIpc) is 2.98. The number of nitrogens with zero attached hydrogens (tertiary/aromatic N) is 1. The first-order valence-corrected chi connectivity index (χ1v) is 11.7. The maximum atomic E-state index is 12.9. The van der Waals surface area contributed by atoms with Crippen LogP contribution in [0.1, 0.15) is 33.5 Å². The van der Waals surface area contributed by atoms with E-state index >= 15 is 0 Å². The second kappa shape index (κ2) is 8.78. The van der Waals surface area contributed by atoms with Crippen LogP contribution in [0.4, 0.5) is 0 Å². The molecule has 1 atom stereocenters. The van der Waals surface area contributed by atoms with Crippen LogP contribution in [0.25, 0.3) is 0 Å². The van der Waals surface area contributed by atoms with Crippen LogP contribution in [0.15, 0.2) is 48.5 Å². The molecular weight excluding hydrogens is 388 g/mol. The molecule has 0 fully saturated rings. The third-order valence-electron chi connectivity index (χ3n) is 5.09. The van der Waals surface area contributed by atoms with Crippen molar-refractivity contribution >= 4 is 21.7 Å². The van der Waals surface area contributed by atoms with Crippen molar-refractivity contribution in [1.82, 2.24) is 10.2 Å². The van der Waals surface area contributed by atoms with E-state index in [0.29, 0.717) is 25.1 Å². The quantitative estimate of drug-likeness (QED) is 0.717. The molecule has 0 aromatic heterocycles. The third-order valence-corrected chi connectivity index (χ3v) is 6.06. The standard InChI is InChI=1S/C22H26N2O4S/c1-16-6-5-7-17(14-16)10-12-23-21(25)20(11-13-29(2,27)28)24-15-18-8-3-4-9-19(18)22(24)26/h3-9,14,20H,10-13,15H2,1-2H3,(H,23,25). The summed E-state index contributed by atoms with van der Waals surface area (Å²) >= 11 is 0. The van der Waals surface area contributed by atoms with Crippen LogP contribution in [0.2, 0.25) is 0 Å². The van der Waals surface area contributed by atoms with Crippen LogP contribution in [0.3, 0.4) is 0 Å². The zero-order chi connectivity index (χ0) is 21.0. The fraction of sp³-hybridized carbons (Fsp3) is 0.364. The molecule has 0 aliphatic carbocycles. The Balaban J connectivity index is 1.70. The van der Waals surface area contributed by atoms with Gasteiger partial charge in [0.2, 0.25) is 5.91 Å². The molecule has 0 bridgehead atoms. The third kappa shape index (κ3) is 5.44. The highest BCUT2D eigenvalue weighted by Crippen LogP contribution is 2.25. The molecule has 1 heterocycles. The van der Waals surface area contributed by atoms with E-state index in [1.165, 1.54) is 4.90 Å². The maximum absolute atomic E-state index is 12.9. The summed E-state index contributed by atoms with van der Waals surface area (Å²) in [5.41, 5.74) is 3.70. The second-order valence-corrected chi connectivity index (χ2v) is 9.81. The molecular formula is C22H26N2O4S. The molecule has 154 valence electrons. The number of rotatable bonds is 8. The molecule has 1 unspecified atom stereocenters. The summed E-state index contributed by atoms with van der Waals surface area (Å²) in [6.45, 7) is 2.75. The number of fused-ring (bicyclic) bond motifs is 1. The monoisotopic (exact) mass is 414 g/mol. The van der Waals surface area contributed by atoms with Gasteiger partial charge in [-0.25, -0.2) is 8.42 Å². The van der Waals surface area contributed by atoms with Crippen molar-refractivity contribution in [3.8, 4) is 0 Å². The number of sulfone groups is 1. The highest BCUT2D eigenvalue weighted by Gasteiger charge is 2.36. The number of carbonyl (C=O) groups is 2. The fourth-order valence-electron chi connectivity index (χ4n) is 3.60. The van der Waals surface area contributed by atoms with E-state index in [-0.39, 0.29) is 24.0 Å². The van der Waals surface area contributed by atoms with Gasteiger partial charge in [0, 0.05) is 24.9 Å². The normalized spacial score (nSPS) is 14.6. The summed E-state index contributed by atoms with van der Waals surface area (Å²) in [7, 11) is -3.25. The lowest BCUT2D eigenvalue weighted by Gasteiger charge is -2.26. The average molecular weight is 415 g/mol. The van der Waals surface area contributed by atoms with Crippen molar-refractivity contribution in [3.63, 3.8) is 0 Å². The van der Waals surface area contributed by atoms with Gasteiger partial charge in [-0.05, 0) is 37.0 Å². The fourth-order valence-corrected chi connectivity index (χ4v) is 4.25. The Bertz CT molecular complexity index is 1020. The van der Waals surface area contributed by atoms with Gasteiger partial charge in [0.25, 0.3) is 5.91 Å². The minimum absolute atomic E-state index is 0.0782. The Kier molecular flexibility index (Phi) is 6.37. The van der Waals surface area contributed by atoms with Gasteiger partial charge in [-0.1, -0.05) is 48.0 Å². The zero-order valence-electron chi connectivity index (χ0n) is 16.7. The minimum atomic E-state index is -3.25. The molecule has 29 heavy (non-hydrogen) atoms. The van der Waals surface area contributed by atoms with Crippen molar-refractivity contribution in [3.05, 3.63) is 70.8 Å². The van der Waals surface area contributed by atoms with Crippen molar-refractivity contribution in [2.24, 2.45) is 0 Å². The van der Waals surface area contributed by atoms with E-state index in [1.807, 2.05) is 37.3 Å². The predicted molar refractivity (Wildman–Crippen MR) is 112 cm³/mol. The van der Waals surface area contributed by atoms with Gasteiger partial charge in [0.05, 0.1) is 5.75 Å². The highest BCUT2D eigenvalue weighted by molar-refractivity contribution is 7.90. The molecule has 0 saturated heterocycles. The Morgan fingerprint density at radius 1 is 1.17 bits per heavy atom. The number of benzene rings is 2. The van der Waals surface area contributed by atoms with Crippen molar-refractivity contribution in [2.75, 3.05) is 18.6 Å². The maximum Gasteiger partial charge on any atom is 0.255 e. The molecule has 6 nitrogen and oxygen atoms in total. The summed E-state index contributed by atoms with van der Waals surface area (Å²) in [6, 6.07) is 14.5. The number of aryl methyl sites for hydroxylation is 1. The summed E-state index contributed by atoms with van der Waals surface area (Å²) in [5.74, 6) is -0.696. The lowest BCUT2D eigenvalue weighted by Crippen LogP contribution is -2.48. The van der Waals surface area contributed by atoms with Crippen molar-refractivity contribution < 1.29 is 18.0 Å². The molecule has 2 aromatic rings. The van der Waals surface area contributed by atoms with E-state index in [0.717, 1.165) is 22.9 Å². The van der Waals surface area contributed by atoms with E-state index in [1.54, 1.807) is 12.1 Å². The van der Waals surface area contributed by atoms with Crippen molar-refractivity contribution in [1.29, 1.82) is 0 Å². The number of amides is 2.